The van der Waals surface area contributed by atoms with E-state index in [1.807, 2.05) is 36.9 Å². The number of hydrogen-bond acceptors (Lipinski definition) is 3. The summed E-state index contributed by atoms with van der Waals surface area (Å²) in [7, 11) is 0. The summed E-state index contributed by atoms with van der Waals surface area (Å²) in [6, 6.07) is 10.2. The molecule has 0 spiro atoms. The van der Waals surface area contributed by atoms with Gasteiger partial charge in [-0.25, -0.2) is 0 Å². The van der Waals surface area contributed by atoms with Crippen LogP contribution in [0.4, 0.5) is 0 Å². The molecule has 0 N–H and O–H groups in total. The summed E-state index contributed by atoms with van der Waals surface area (Å²) < 4.78 is 1.60. The highest BCUT2D eigenvalue weighted by atomic mass is 32.1. The largest absolute Gasteiger partial charge is 0.335 e. The average Bonchev–Trinajstić information content (AvgIpc) is 3.14. The van der Waals surface area contributed by atoms with Gasteiger partial charge in [-0.15, -0.1) is 0 Å². The van der Waals surface area contributed by atoms with Gasteiger partial charge in [0.1, 0.15) is 6.54 Å². The maximum Gasteiger partial charge on any atom is 0.308 e. The molecule has 2 aromatic rings. The van der Waals surface area contributed by atoms with Crippen LogP contribution < -0.4 is 4.87 Å². The van der Waals surface area contributed by atoms with Gasteiger partial charge in [-0.2, -0.15) is 0 Å². The SMILES string of the molecule is Cc1sc(=O)n(CC(=O)N2CCCC2/C=C/c2ccccc2)c1C. The lowest BCUT2D eigenvalue weighted by molar-refractivity contribution is -0.131. The summed E-state index contributed by atoms with van der Waals surface area (Å²) >= 11 is 1.21. The molecular formula is C19H22N2O2S. The van der Waals surface area contributed by atoms with E-state index in [0.29, 0.717) is 0 Å². The first-order chi connectivity index (χ1) is 11.6. The van der Waals surface area contributed by atoms with Crippen molar-refractivity contribution in [3.05, 3.63) is 62.2 Å². The molecule has 1 amide bonds. The molecule has 1 aliphatic heterocycles. The van der Waals surface area contributed by atoms with Gasteiger partial charge in [0.2, 0.25) is 5.91 Å². The summed E-state index contributed by atoms with van der Waals surface area (Å²) in [5.41, 5.74) is 2.03. The second-order valence-corrected chi connectivity index (χ2v) is 7.33. The van der Waals surface area contributed by atoms with Crippen LogP contribution in [0.5, 0.6) is 0 Å². The molecular weight excluding hydrogens is 320 g/mol. The lowest BCUT2D eigenvalue weighted by Gasteiger charge is -2.22. The number of likely N-dealkylation sites (tertiary alicyclic amines) is 1. The Morgan fingerprint density at radius 2 is 2.04 bits per heavy atom. The van der Waals surface area contributed by atoms with Crippen molar-refractivity contribution < 1.29 is 4.79 Å². The van der Waals surface area contributed by atoms with E-state index in [9.17, 15) is 9.59 Å². The molecule has 0 radical (unpaired) electrons. The topological polar surface area (TPSA) is 42.3 Å². The van der Waals surface area contributed by atoms with Crippen LogP contribution in [-0.4, -0.2) is 28.0 Å². The fourth-order valence-electron chi connectivity index (χ4n) is 3.08. The van der Waals surface area contributed by atoms with Crippen molar-refractivity contribution in [1.82, 2.24) is 9.47 Å². The summed E-state index contributed by atoms with van der Waals surface area (Å²) in [5.74, 6) is 0.0261. The number of carbonyl (C=O) groups is 1. The summed E-state index contributed by atoms with van der Waals surface area (Å²) in [5, 5.41) is 0. The van der Waals surface area contributed by atoms with Gasteiger partial charge in [0, 0.05) is 17.1 Å². The van der Waals surface area contributed by atoms with Crippen LogP contribution in [-0.2, 0) is 11.3 Å². The molecule has 126 valence electrons. The maximum absolute atomic E-state index is 12.7. The van der Waals surface area contributed by atoms with E-state index in [1.54, 1.807) is 4.57 Å². The van der Waals surface area contributed by atoms with Gasteiger partial charge >= 0.3 is 4.87 Å². The van der Waals surface area contributed by atoms with Gasteiger partial charge < -0.3 is 4.90 Å². The first kappa shape index (κ1) is 16.7. The number of thiazole rings is 1. The van der Waals surface area contributed by atoms with Gasteiger partial charge in [0.25, 0.3) is 0 Å². The molecule has 24 heavy (non-hydrogen) atoms. The summed E-state index contributed by atoms with van der Waals surface area (Å²) in [6.45, 7) is 4.73. The van der Waals surface area contributed by atoms with Crippen LogP contribution in [0.3, 0.4) is 0 Å². The van der Waals surface area contributed by atoms with Crippen LogP contribution >= 0.6 is 11.3 Å². The number of benzene rings is 1. The number of aryl methyl sites for hydroxylation is 1. The Hall–Kier alpha value is -2.14. The minimum Gasteiger partial charge on any atom is -0.335 e. The zero-order valence-corrected chi connectivity index (χ0v) is 14.9. The Kier molecular flexibility index (Phi) is 5.00. The molecule has 5 heteroatoms. The second-order valence-electron chi connectivity index (χ2n) is 6.16. The van der Waals surface area contributed by atoms with E-state index < -0.39 is 0 Å². The van der Waals surface area contributed by atoms with E-state index in [0.717, 1.165) is 35.5 Å². The quantitative estimate of drug-likeness (QED) is 0.856. The van der Waals surface area contributed by atoms with E-state index in [4.69, 9.17) is 0 Å². The highest BCUT2D eigenvalue weighted by Gasteiger charge is 2.27. The minimum absolute atomic E-state index is 0.0261. The third kappa shape index (κ3) is 3.51. The van der Waals surface area contributed by atoms with Crippen molar-refractivity contribution in [2.24, 2.45) is 0 Å². The van der Waals surface area contributed by atoms with Crippen LogP contribution in [0.2, 0.25) is 0 Å². The number of carbonyl (C=O) groups excluding carboxylic acids is 1. The predicted molar refractivity (Wildman–Crippen MR) is 98.3 cm³/mol. The van der Waals surface area contributed by atoms with Crippen molar-refractivity contribution >= 4 is 23.3 Å². The smallest absolute Gasteiger partial charge is 0.308 e. The van der Waals surface area contributed by atoms with E-state index in [1.165, 1.54) is 11.3 Å². The standard InChI is InChI=1S/C19H22N2O2S/c1-14-15(2)24-19(23)21(14)13-18(22)20-12-6-9-17(20)11-10-16-7-4-3-5-8-16/h3-5,7-8,10-11,17H,6,9,12-13H2,1-2H3/b11-10+. The molecule has 1 saturated heterocycles. The van der Waals surface area contributed by atoms with Crippen LogP contribution in [0.25, 0.3) is 6.08 Å². The van der Waals surface area contributed by atoms with Crippen molar-refractivity contribution in [3.63, 3.8) is 0 Å². The monoisotopic (exact) mass is 342 g/mol. The molecule has 1 aliphatic rings. The van der Waals surface area contributed by atoms with Crippen molar-refractivity contribution in [2.75, 3.05) is 6.54 Å². The zero-order chi connectivity index (χ0) is 17.1. The summed E-state index contributed by atoms with van der Waals surface area (Å²) in [4.78, 5) is 27.5. The van der Waals surface area contributed by atoms with Gasteiger partial charge in [-0.3, -0.25) is 14.2 Å². The van der Waals surface area contributed by atoms with Gasteiger partial charge in [0.05, 0.1) is 6.04 Å². The molecule has 1 aromatic carbocycles. The fraction of sp³-hybridized carbons (Fsp3) is 0.368. The van der Waals surface area contributed by atoms with Gasteiger partial charge in [-0.1, -0.05) is 53.8 Å². The van der Waals surface area contributed by atoms with Crippen molar-refractivity contribution in [3.8, 4) is 0 Å². The van der Waals surface area contributed by atoms with E-state index in [2.05, 4.69) is 24.3 Å². The molecule has 3 rings (SSSR count). The van der Waals surface area contributed by atoms with E-state index >= 15 is 0 Å². The first-order valence-corrected chi connectivity index (χ1v) is 9.07. The van der Waals surface area contributed by atoms with Gasteiger partial charge in [0.15, 0.2) is 0 Å². The van der Waals surface area contributed by atoms with Gasteiger partial charge in [-0.05, 0) is 32.3 Å². The number of hydrogen-bond donors (Lipinski definition) is 0. The molecule has 2 heterocycles. The van der Waals surface area contributed by atoms with Crippen LogP contribution in [0.1, 0.15) is 29.0 Å². The molecule has 1 unspecified atom stereocenters. The second kappa shape index (κ2) is 7.18. The number of aromatic nitrogens is 1. The minimum atomic E-state index is -0.0473. The Bertz CT molecular complexity index is 805. The third-order valence-corrected chi connectivity index (χ3v) is 5.60. The number of rotatable bonds is 4. The lowest BCUT2D eigenvalue weighted by Crippen LogP contribution is -2.38. The van der Waals surface area contributed by atoms with Crippen LogP contribution in [0.15, 0.2) is 41.2 Å². The third-order valence-electron chi connectivity index (χ3n) is 4.60. The molecule has 0 aliphatic carbocycles. The van der Waals surface area contributed by atoms with Crippen molar-refractivity contribution in [2.45, 2.75) is 39.3 Å². The Labute approximate surface area is 146 Å². The van der Waals surface area contributed by atoms with Crippen LogP contribution in [0, 0.1) is 13.8 Å². The molecule has 0 bridgehead atoms. The molecule has 1 atom stereocenters. The Balaban J connectivity index is 1.72. The Morgan fingerprint density at radius 1 is 1.29 bits per heavy atom. The number of amides is 1. The molecule has 4 nitrogen and oxygen atoms in total. The zero-order valence-electron chi connectivity index (χ0n) is 14.1. The first-order valence-electron chi connectivity index (χ1n) is 8.26. The molecule has 1 fully saturated rings. The average molecular weight is 342 g/mol. The molecule has 0 saturated carbocycles. The predicted octanol–water partition coefficient (Wildman–Crippen LogP) is 3.23. The maximum atomic E-state index is 12.7. The fourth-order valence-corrected chi connectivity index (χ4v) is 3.92. The highest BCUT2D eigenvalue weighted by Crippen LogP contribution is 2.20. The normalized spacial score (nSPS) is 17.8. The number of nitrogens with zero attached hydrogens (tertiary/aromatic N) is 2. The molecule has 1 aromatic heterocycles. The van der Waals surface area contributed by atoms with Crippen molar-refractivity contribution in [1.29, 1.82) is 0 Å². The Morgan fingerprint density at radius 3 is 2.71 bits per heavy atom. The lowest BCUT2D eigenvalue weighted by atomic mass is 10.1. The summed E-state index contributed by atoms with van der Waals surface area (Å²) in [6.07, 6.45) is 6.16. The van der Waals surface area contributed by atoms with E-state index in [-0.39, 0.29) is 23.4 Å². The highest BCUT2D eigenvalue weighted by molar-refractivity contribution is 7.09.